The second-order valence-corrected chi connectivity index (χ2v) is 6.51. The molecule has 1 fully saturated rings. The summed E-state index contributed by atoms with van der Waals surface area (Å²) in [6.07, 6.45) is 4.70. The largest absolute Gasteiger partial charge is 0.465 e. The highest BCUT2D eigenvalue weighted by Crippen LogP contribution is 2.19. The summed E-state index contributed by atoms with van der Waals surface area (Å²) in [5.74, 6) is 3.08. The number of aliphatic hydroxyl groups excluding tert-OH is 1. The molecule has 132 valence electrons. The molecular formula is C18H28N4O2. The molecule has 24 heavy (non-hydrogen) atoms. The first-order chi connectivity index (χ1) is 11.7. The SMILES string of the molecule is CCn1ccnc1CN1CCN(Cc2ccc(C)o2)[C@H](CCO)C1. The molecule has 0 spiro atoms. The second kappa shape index (κ2) is 7.96. The Hall–Kier alpha value is -1.63. The zero-order valence-corrected chi connectivity index (χ0v) is 14.7. The highest BCUT2D eigenvalue weighted by atomic mass is 16.3. The molecule has 1 aliphatic rings. The lowest BCUT2D eigenvalue weighted by Gasteiger charge is -2.41. The lowest BCUT2D eigenvalue weighted by Crippen LogP contribution is -2.52. The molecule has 0 radical (unpaired) electrons. The van der Waals surface area contributed by atoms with E-state index in [0.29, 0.717) is 6.04 Å². The molecule has 6 nitrogen and oxygen atoms in total. The number of piperazine rings is 1. The molecule has 1 saturated heterocycles. The van der Waals surface area contributed by atoms with Gasteiger partial charge in [-0.25, -0.2) is 4.98 Å². The lowest BCUT2D eigenvalue weighted by atomic mass is 10.1. The Morgan fingerprint density at radius 3 is 2.88 bits per heavy atom. The van der Waals surface area contributed by atoms with Crippen molar-refractivity contribution in [3.63, 3.8) is 0 Å². The Morgan fingerprint density at radius 1 is 1.29 bits per heavy atom. The average Bonchev–Trinajstić information content (AvgIpc) is 3.19. The molecule has 2 aromatic rings. The fourth-order valence-electron chi connectivity index (χ4n) is 3.48. The summed E-state index contributed by atoms with van der Waals surface area (Å²) in [5.41, 5.74) is 0. The zero-order valence-electron chi connectivity index (χ0n) is 14.7. The molecule has 0 aliphatic carbocycles. The minimum absolute atomic E-state index is 0.218. The molecule has 3 rings (SSSR count). The summed E-state index contributed by atoms with van der Waals surface area (Å²) >= 11 is 0. The highest BCUT2D eigenvalue weighted by molar-refractivity contribution is 5.06. The molecule has 3 heterocycles. The molecule has 0 bridgehead atoms. The second-order valence-electron chi connectivity index (χ2n) is 6.51. The molecule has 0 amide bonds. The monoisotopic (exact) mass is 332 g/mol. The predicted octanol–water partition coefficient (Wildman–Crippen LogP) is 1.87. The van der Waals surface area contributed by atoms with Crippen molar-refractivity contribution in [3.8, 4) is 0 Å². The van der Waals surface area contributed by atoms with E-state index in [9.17, 15) is 5.11 Å². The molecule has 1 atom stereocenters. The quantitative estimate of drug-likeness (QED) is 0.839. The van der Waals surface area contributed by atoms with E-state index in [-0.39, 0.29) is 6.61 Å². The Balaban J connectivity index is 1.62. The van der Waals surface area contributed by atoms with Gasteiger partial charge in [-0.05, 0) is 32.4 Å². The third kappa shape index (κ3) is 4.06. The highest BCUT2D eigenvalue weighted by Gasteiger charge is 2.27. The average molecular weight is 332 g/mol. The fourth-order valence-corrected chi connectivity index (χ4v) is 3.48. The molecule has 0 saturated carbocycles. The number of imidazole rings is 1. The smallest absolute Gasteiger partial charge is 0.122 e. The third-order valence-electron chi connectivity index (χ3n) is 4.81. The topological polar surface area (TPSA) is 57.7 Å². The van der Waals surface area contributed by atoms with E-state index in [2.05, 4.69) is 32.3 Å². The molecule has 1 N–H and O–H groups in total. The van der Waals surface area contributed by atoms with Crippen molar-refractivity contribution in [1.29, 1.82) is 0 Å². The van der Waals surface area contributed by atoms with Gasteiger partial charge in [0.05, 0.1) is 13.1 Å². The van der Waals surface area contributed by atoms with Crippen LogP contribution in [0.25, 0.3) is 0 Å². The van der Waals surface area contributed by atoms with Crippen LogP contribution in [-0.2, 0) is 19.6 Å². The first-order valence-electron chi connectivity index (χ1n) is 8.82. The van der Waals surface area contributed by atoms with Crippen LogP contribution < -0.4 is 0 Å². The van der Waals surface area contributed by atoms with E-state index in [1.807, 2.05) is 25.4 Å². The zero-order chi connectivity index (χ0) is 16.9. The van der Waals surface area contributed by atoms with Gasteiger partial charge in [0.1, 0.15) is 17.3 Å². The molecule has 0 unspecified atom stereocenters. The number of hydrogen-bond acceptors (Lipinski definition) is 5. The summed E-state index contributed by atoms with van der Waals surface area (Å²) in [5, 5.41) is 9.45. The van der Waals surface area contributed by atoms with Crippen molar-refractivity contribution in [2.24, 2.45) is 0 Å². The summed E-state index contributed by atoms with van der Waals surface area (Å²) < 4.78 is 7.92. The molecule has 6 heteroatoms. The standard InChI is InChI=1S/C18H28N4O2/c1-3-21-8-7-19-18(21)14-20-9-10-22(16(12-20)6-11-23)13-17-5-4-15(2)24-17/h4-5,7-8,16,23H,3,6,9-14H2,1-2H3/t16-/m1/s1. The van der Waals surface area contributed by atoms with Crippen LogP contribution in [0.5, 0.6) is 0 Å². The summed E-state index contributed by atoms with van der Waals surface area (Å²) in [6.45, 7) is 9.92. The van der Waals surface area contributed by atoms with Crippen LogP contribution in [-0.4, -0.2) is 56.7 Å². The minimum atomic E-state index is 0.218. The fraction of sp³-hybridized carbons (Fsp3) is 0.611. The first-order valence-corrected chi connectivity index (χ1v) is 8.82. The van der Waals surface area contributed by atoms with Crippen LogP contribution >= 0.6 is 0 Å². The van der Waals surface area contributed by atoms with E-state index < -0.39 is 0 Å². The summed E-state index contributed by atoms with van der Waals surface area (Å²) in [6, 6.07) is 4.41. The van der Waals surface area contributed by atoms with Crippen LogP contribution in [0.1, 0.15) is 30.7 Å². The van der Waals surface area contributed by atoms with Crippen LogP contribution in [0.2, 0.25) is 0 Å². The normalized spacial score (nSPS) is 19.9. The molecule has 2 aromatic heterocycles. The predicted molar refractivity (Wildman–Crippen MR) is 92.5 cm³/mol. The van der Waals surface area contributed by atoms with Crippen molar-refractivity contribution < 1.29 is 9.52 Å². The number of nitrogens with zero attached hydrogens (tertiary/aromatic N) is 4. The van der Waals surface area contributed by atoms with Crippen molar-refractivity contribution in [2.45, 2.75) is 45.9 Å². The number of rotatable bonds is 7. The van der Waals surface area contributed by atoms with Gasteiger partial charge in [-0.2, -0.15) is 0 Å². The van der Waals surface area contributed by atoms with Crippen molar-refractivity contribution in [1.82, 2.24) is 19.4 Å². The van der Waals surface area contributed by atoms with E-state index >= 15 is 0 Å². The number of aliphatic hydroxyl groups is 1. The molecule has 1 aliphatic heterocycles. The van der Waals surface area contributed by atoms with Gasteiger partial charge in [-0.15, -0.1) is 0 Å². The van der Waals surface area contributed by atoms with Gasteiger partial charge in [-0.1, -0.05) is 0 Å². The Morgan fingerprint density at radius 2 is 2.17 bits per heavy atom. The maximum absolute atomic E-state index is 9.45. The van der Waals surface area contributed by atoms with Crippen molar-refractivity contribution >= 4 is 0 Å². The molecular weight excluding hydrogens is 304 g/mol. The Kier molecular flexibility index (Phi) is 5.71. The van der Waals surface area contributed by atoms with Crippen LogP contribution in [0, 0.1) is 6.92 Å². The van der Waals surface area contributed by atoms with Gasteiger partial charge in [0, 0.05) is 51.2 Å². The van der Waals surface area contributed by atoms with E-state index in [4.69, 9.17) is 4.42 Å². The Labute approximate surface area is 143 Å². The maximum Gasteiger partial charge on any atom is 0.122 e. The Bertz CT molecular complexity index is 637. The van der Waals surface area contributed by atoms with Gasteiger partial charge in [0.15, 0.2) is 0 Å². The van der Waals surface area contributed by atoms with Crippen molar-refractivity contribution in [2.75, 3.05) is 26.2 Å². The molecule has 0 aromatic carbocycles. The van der Waals surface area contributed by atoms with Crippen LogP contribution in [0.3, 0.4) is 0 Å². The van der Waals surface area contributed by atoms with Gasteiger partial charge >= 0.3 is 0 Å². The summed E-state index contributed by atoms with van der Waals surface area (Å²) in [7, 11) is 0. The third-order valence-corrected chi connectivity index (χ3v) is 4.81. The van der Waals surface area contributed by atoms with E-state index in [0.717, 1.165) is 63.0 Å². The lowest BCUT2D eigenvalue weighted by molar-refractivity contribution is 0.0438. The van der Waals surface area contributed by atoms with E-state index in [1.54, 1.807) is 0 Å². The van der Waals surface area contributed by atoms with E-state index in [1.165, 1.54) is 0 Å². The minimum Gasteiger partial charge on any atom is -0.465 e. The van der Waals surface area contributed by atoms with Crippen LogP contribution in [0.4, 0.5) is 0 Å². The van der Waals surface area contributed by atoms with Crippen LogP contribution in [0.15, 0.2) is 28.9 Å². The summed E-state index contributed by atoms with van der Waals surface area (Å²) in [4.78, 5) is 9.36. The van der Waals surface area contributed by atoms with Gasteiger partial charge in [-0.3, -0.25) is 9.80 Å². The number of aryl methyl sites for hydroxylation is 2. The van der Waals surface area contributed by atoms with Gasteiger partial charge in [0.25, 0.3) is 0 Å². The van der Waals surface area contributed by atoms with Gasteiger partial charge in [0.2, 0.25) is 0 Å². The maximum atomic E-state index is 9.45. The number of furan rings is 1. The first kappa shape index (κ1) is 17.2. The number of hydrogen-bond donors (Lipinski definition) is 1. The van der Waals surface area contributed by atoms with Crippen molar-refractivity contribution in [3.05, 3.63) is 41.9 Å². The number of aromatic nitrogens is 2. The van der Waals surface area contributed by atoms with Gasteiger partial charge < -0.3 is 14.1 Å².